The molecular weight excluding hydrogens is 644 g/mol. The lowest BCUT2D eigenvalue weighted by Crippen LogP contribution is -2.70. The molecule has 5 heterocycles. The molecule has 4 aliphatic rings. The lowest BCUT2D eigenvalue weighted by Gasteiger charge is -2.63. The van der Waals surface area contributed by atoms with Gasteiger partial charge in [0.05, 0.1) is 23.2 Å². The van der Waals surface area contributed by atoms with E-state index in [9.17, 15) is 23.5 Å². The Labute approximate surface area is 291 Å². The van der Waals surface area contributed by atoms with Gasteiger partial charge in [-0.05, 0) is 88.6 Å². The number of aliphatic hydroxyl groups is 1. The molecule has 2 saturated heterocycles. The standard InChI is InChI=1S/C21H27FN4O3.C16H20FN3O/c1-6-15(9-17(23-11-27)13(4)12(2)3)18-24-19(29-25-18)16-10-26(14(16)5)20(28)21(22)7-8-21;1-11-6-18-20-4-3-13(5-14(11)20)19-9-15(10-19)7-16(21,8-15)12(2)17/h6,9,11-12,14,16H,1,7-8,10H2,2-5H3,(H,23,27);3-6,12,21H,7-10H2,1-2H3/b15-9+,17-13+;/t14?,16-;/m0./s1. The normalized spacial score (nSPS) is 23.9. The number of nitrogens with one attached hydrogen (secondary N) is 1. The summed E-state index contributed by atoms with van der Waals surface area (Å²) in [6, 6.07) is 4.02. The second kappa shape index (κ2) is 13.1. The fourth-order valence-electron chi connectivity index (χ4n) is 7.25. The fraction of sp³-hybridized carbons (Fsp3) is 0.541. The Morgan fingerprint density at radius 1 is 1.24 bits per heavy atom. The number of likely N-dealkylation sites (tertiary alicyclic amines) is 1. The van der Waals surface area contributed by atoms with Gasteiger partial charge in [-0.1, -0.05) is 31.7 Å². The van der Waals surface area contributed by atoms with Crippen molar-refractivity contribution >= 4 is 29.1 Å². The van der Waals surface area contributed by atoms with Gasteiger partial charge in [0.25, 0.3) is 5.91 Å². The molecule has 11 nitrogen and oxygen atoms in total. The van der Waals surface area contributed by atoms with E-state index in [-0.39, 0.29) is 23.3 Å². The maximum absolute atomic E-state index is 14.0. The lowest BCUT2D eigenvalue weighted by atomic mass is 9.54. The number of pyridine rings is 1. The third-order valence-electron chi connectivity index (χ3n) is 11.1. The van der Waals surface area contributed by atoms with E-state index in [1.807, 2.05) is 44.6 Å². The molecule has 3 aromatic heterocycles. The molecular formula is C37H47F2N7O4. The number of hydrogen-bond donors (Lipinski definition) is 2. The average Bonchev–Trinajstić information content (AvgIpc) is 3.45. The molecule has 2 N–H and O–H groups in total. The summed E-state index contributed by atoms with van der Waals surface area (Å²) in [7, 11) is 0. The second-order valence-electron chi connectivity index (χ2n) is 15.0. The number of allylic oxidation sites excluding steroid dienone is 4. The van der Waals surface area contributed by atoms with Crippen molar-refractivity contribution in [3.8, 4) is 0 Å². The highest BCUT2D eigenvalue weighted by Gasteiger charge is 2.61. The number of amides is 2. The highest BCUT2D eigenvalue weighted by atomic mass is 19.1. The molecule has 268 valence electrons. The minimum atomic E-state index is -1.67. The first kappa shape index (κ1) is 35.4. The molecule has 0 aromatic carbocycles. The summed E-state index contributed by atoms with van der Waals surface area (Å²) in [4.78, 5) is 31.4. The van der Waals surface area contributed by atoms with Gasteiger partial charge in [0.1, 0.15) is 6.17 Å². The maximum Gasteiger partial charge on any atom is 0.260 e. The minimum absolute atomic E-state index is 0.122. The van der Waals surface area contributed by atoms with E-state index in [0.29, 0.717) is 61.6 Å². The van der Waals surface area contributed by atoms with Crippen molar-refractivity contribution in [2.24, 2.45) is 11.3 Å². The maximum atomic E-state index is 14.0. The number of aromatic nitrogens is 4. The van der Waals surface area contributed by atoms with Crippen molar-refractivity contribution in [2.45, 2.75) is 96.6 Å². The van der Waals surface area contributed by atoms with Gasteiger partial charge in [0, 0.05) is 54.2 Å². The average molecular weight is 692 g/mol. The summed E-state index contributed by atoms with van der Waals surface area (Å²) >= 11 is 0. The number of rotatable bonds is 10. The van der Waals surface area contributed by atoms with Crippen molar-refractivity contribution in [2.75, 3.05) is 24.5 Å². The van der Waals surface area contributed by atoms with Crippen LogP contribution in [0.3, 0.4) is 0 Å². The van der Waals surface area contributed by atoms with Gasteiger partial charge in [0.2, 0.25) is 18.1 Å². The molecule has 0 radical (unpaired) electrons. The van der Waals surface area contributed by atoms with Crippen molar-refractivity contribution in [1.82, 2.24) is 30.0 Å². The monoisotopic (exact) mass is 691 g/mol. The van der Waals surface area contributed by atoms with Crippen LogP contribution in [0.25, 0.3) is 11.1 Å². The summed E-state index contributed by atoms with van der Waals surface area (Å²) in [6.45, 7) is 17.4. The van der Waals surface area contributed by atoms with Crippen LogP contribution in [0.15, 0.2) is 59.1 Å². The molecule has 2 amide bonds. The van der Waals surface area contributed by atoms with Gasteiger partial charge in [-0.2, -0.15) is 10.1 Å². The third-order valence-corrected chi connectivity index (χ3v) is 11.1. The SMILES string of the molecule is C=C/C(=C\C(NC=O)=C(\C)C(C)C)c1noc([C@H]2CN(C(=O)C3(F)CC3)C2C)n1.Cc1cnn2ccc(N3CC4(C3)CC(O)(C(C)F)C4)cc12. The number of hydrogen-bond acceptors (Lipinski definition) is 8. The second-order valence-corrected chi connectivity index (χ2v) is 15.0. The molecule has 2 aliphatic heterocycles. The number of anilines is 1. The van der Waals surface area contributed by atoms with Gasteiger partial charge >= 0.3 is 0 Å². The van der Waals surface area contributed by atoms with Crippen molar-refractivity contribution in [3.63, 3.8) is 0 Å². The number of nitrogens with zero attached hydrogens (tertiary/aromatic N) is 6. The molecule has 0 bridgehead atoms. The summed E-state index contributed by atoms with van der Waals surface area (Å²) in [5.74, 6) is 0.422. The van der Waals surface area contributed by atoms with Crippen LogP contribution < -0.4 is 10.2 Å². The molecule has 7 rings (SSSR count). The Bertz CT molecular complexity index is 1840. The fourth-order valence-corrected chi connectivity index (χ4v) is 7.25. The number of fused-ring (bicyclic) bond motifs is 1. The molecule has 1 spiro atoms. The summed E-state index contributed by atoms with van der Waals surface area (Å²) in [5, 5.41) is 21.1. The van der Waals surface area contributed by atoms with E-state index < -0.39 is 23.3 Å². The molecule has 3 aromatic rings. The number of carbonyl (C=O) groups is 2. The quantitative estimate of drug-likeness (QED) is 0.212. The Morgan fingerprint density at radius 3 is 2.52 bits per heavy atom. The van der Waals surface area contributed by atoms with Gasteiger partial charge in [-0.15, -0.1) is 0 Å². The van der Waals surface area contributed by atoms with Crippen LogP contribution in [0.1, 0.15) is 83.5 Å². The van der Waals surface area contributed by atoms with Crippen LogP contribution in [0.2, 0.25) is 0 Å². The van der Waals surface area contributed by atoms with Gasteiger partial charge in [-0.25, -0.2) is 13.3 Å². The third kappa shape index (κ3) is 6.47. The summed E-state index contributed by atoms with van der Waals surface area (Å²) in [6.07, 6.45) is 8.46. The lowest BCUT2D eigenvalue weighted by molar-refractivity contribution is -0.173. The predicted molar refractivity (Wildman–Crippen MR) is 186 cm³/mol. The Balaban J connectivity index is 0.000000181. The van der Waals surface area contributed by atoms with Crippen molar-refractivity contribution in [3.05, 3.63) is 71.8 Å². The molecule has 2 unspecified atom stereocenters. The van der Waals surface area contributed by atoms with Crippen molar-refractivity contribution < 1.29 is 28.0 Å². The van der Waals surface area contributed by atoms with E-state index in [0.717, 1.165) is 29.7 Å². The van der Waals surface area contributed by atoms with Crippen LogP contribution in [0.4, 0.5) is 14.5 Å². The zero-order valence-electron chi connectivity index (χ0n) is 29.6. The van der Waals surface area contributed by atoms with E-state index in [4.69, 9.17) is 4.52 Å². The topological polar surface area (TPSA) is 129 Å². The first-order chi connectivity index (χ1) is 23.6. The first-order valence-corrected chi connectivity index (χ1v) is 17.3. The van der Waals surface area contributed by atoms with E-state index in [1.54, 1.807) is 12.2 Å². The molecule has 2 aliphatic carbocycles. The van der Waals surface area contributed by atoms with E-state index in [1.165, 1.54) is 17.5 Å². The van der Waals surface area contributed by atoms with Gasteiger partial charge in [0.15, 0.2) is 5.67 Å². The zero-order valence-corrected chi connectivity index (χ0v) is 29.6. The Morgan fingerprint density at radius 2 is 1.94 bits per heavy atom. The highest BCUT2D eigenvalue weighted by molar-refractivity contribution is 5.89. The number of halogens is 2. The smallest absolute Gasteiger partial charge is 0.260 e. The summed E-state index contributed by atoms with van der Waals surface area (Å²) < 4.78 is 34.7. The Kier molecular flexibility index (Phi) is 9.25. The zero-order chi connectivity index (χ0) is 36.2. The first-order valence-electron chi connectivity index (χ1n) is 17.3. The van der Waals surface area contributed by atoms with Crippen LogP contribution in [-0.2, 0) is 9.59 Å². The number of carbonyl (C=O) groups excluding carboxylic acids is 2. The summed E-state index contributed by atoms with van der Waals surface area (Å²) in [5.41, 5.74) is 3.09. The van der Waals surface area contributed by atoms with Gasteiger partial charge in [-0.3, -0.25) is 9.59 Å². The number of aryl methyl sites for hydroxylation is 1. The minimum Gasteiger partial charge on any atom is -0.387 e. The predicted octanol–water partition coefficient (Wildman–Crippen LogP) is 5.46. The molecule has 50 heavy (non-hydrogen) atoms. The van der Waals surface area contributed by atoms with E-state index in [2.05, 4.69) is 51.1 Å². The van der Waals surface area contributed by atoms with Crippen LogP contribution >= 0.6 is 0 Å². The largest absolute Gasteiger partial charge is 0.387 e. The highest BCUT2D eigenvalue weighted by Crippen LogP contribution is 2.56. The van der Waals surface area contributed by atoms with Crippen LogP contribution in [-0.4, -0.2) is 85.2 Å². The van der Waals surface area contributed by atoms with Crippen LogP contribution in [0, 0.1) is 18.3 Å². The van der Waals surface area contributed by atoms with Crippen LogP contribution in [0.5, 0.6) is 0 Å². The number of alkyl halides is 2. The Hall–Kier alpha value is -4.39. The van der Waals surface area contributed by atoms with E-state index >= 15 is 0 Å². The molecule has 2 saturated carbocycles. The molecule has 4 fully saturated rings. The molecule has 3 atom stereocenters. The van der Waals surface area contributed by atoms with Crippen molar-refractivity contribution in [1.29, 1.82) is 0 Å². The molecule has 13 heteroatoms. The van der Waals surface area contributed by atoms with Gasteiger partial charge < -0.3 is 24.7 Å².